The van der Waals surface area contributed by atoms with Gasteiger partial charge in [0.25, 0.3) is 0 Å². The summed E-state index contributed by atoms with van der Waals surface area (Å²) in [6, 6.07) is 0. The topological polar surface area (TPSA) is 36.9 Å². The van der Waals surface area contributed by atoms with Crippen molar-refractivity contribution in [3.63, 3.8) is 0 Å². The lowest BCUT2D eigenvalue weighted by molar-refractivity contribution is -0.0822. The zero-order chi connectivity index (χ0) is 15.1. The number of hydrogen-bond donors (Lipinski definition) is 0. The summed E-state index contributed by atoms with van der Waals surface area (Å²) in [4.78, 5) is 0. The van der Waals surface area contributed by atoms with E-state index in [0.29, 0.717) is 19.2 Å². The van der Waals surface area contributed by atoms with E-state index in [0.717, 1.165) is 31.6 Å². The number of ether oxygens (including phenoxy) is 4. The zero-order valence-corrected chi connectivity index (χ0v) is 13.7. The largest absolute Gasteiger partial charge is 0.491 e. The number of rotatable bonds is 14. The first-order valence-corrected chi connectivity index (χ1v) is 7.99. The molecule has 4 heteroatoms. The van der Waals surface area contributed by atoms with Crippen molar-refractivity contribution in [2.45, 2.75) is 66.2 Å². The van der Waals surface area contributed by atoms with Gasteiger partial charge in [0.1, 0.15) is 0 Å². The van der Waals surface area contributed by atoms with E-state index in [-0.39, 0.29) is 6.79 Å². The van der Waals surface area contributed by atoms with Crippen LogP contribution in [-0.4, -0.2) is 26.6 Å². The average Bonchev–Trinajstić information content (AvgIpc) is 2.45. The summed E-state index contributed by atoms with van der Waals surface area (Å²) in [5, 5.41) is 0. The molecule has 0 aromatic carbocycles. The first kappa shape index (κ1) is 19.1. The minimum atomic E-state index is 0.224. The molecule has 0 saturated carbocycles. The van der Waals surface area contributed by atoms with Crippen LogP contribution in [0.2, 0.25) is 0 Å². The molecule has 20 heavy (non-hydrogen) atoms. The first-order valence-electron chi connectivity index (χ1n) is 7.99. The lowest BCUT2D eigenvalue weighted by atomic mass is 10.2. The maximum absolute atomic E-state index is 5.58. The van der Waals surface area contributed by atoms with Gasteiger partial charge in [-0.2, -0.15) is 0 Å². The van der Waals surface area contributed by atoms with E-state index >= 15 is 0 Å². The highest BCUT2D eigenvalue weighted by Gasteiger charge is 2.10. The summed E-state index contributed by atoms with van der Waals surface area (Å²) in [7, 11) is 0. The molecule has 0 fully saturated rings. The molecule has 0 atom stereocenters. The fourth-order valence-corrected chi connectivity index (χ4v) is 1.75. The van der Waals surface area contributed by atoms with Crippen LogP contribution >= 0.6 is 0 Å². The minimum Gasteiger partial charge on any atom is -0.491 e. The van der Waals surface area contributed by atoms with Gasteiger partial charge >= 0.3 is 5.95 Å². The summed E-state index contributed by atoms with van der Waals surface area (Å²) in [6.45, 7) is 10.3. The third kappa shape index (κ3) is 9.96. The van der Waals surface area contributed by atoms with Crippen LogP contribution in [0.25, 0.3) is 0 Å². The van der Waals surface area contributed by atoms with E-state index in [1.54, 1.807) is 0 Å². The lowest BCUT2D eigenvalue weighted by Crippen LogP contribution is -2.09. The molecule has 120 valence electrons. The predicted octanol–water partition coefficient (Wildman–Crippen LogP) is 4.60. The van der Waals surface area contributed by atoms with Crippen LogP contribution in [-0.2, 0) is 18.9 Å². The van der Waals surface area contributed by atoms with Crippen molar-refractivity contribution >= 4 is 0 Å². The fourth-order valence-electron chi connectivity index (χ4n) is 1.75. The molecule has 0 unspecified atom stereocenters. The Morgan fingerprint density at radius 3 is 2.10 bits per heavy atom. The van der Waals surface area contributed by atoms with Gasteiger partial charge < -0.3 is 18.9 Å². The molecule has 0 aromatic rings. The van der Waals surface area contributed by atoms with Crippen molar-refractivity contribution in [3.05, 3.63) is 11.7 Å². The van der Waals surface area contributed by atoms with Crippen molar-refractivity contribution < 1.29 is 18.9 Å². The van der Waals surface area contributed by atoms with Gasteiger partial charge in [0.05, 0.1) is 19.8 Å². The third-order valence-electron chi connectivity index (χ3n) is 2.71. The molecular weight excluding hydrogens is 256 g/mol. The monoisotopic (exact) mass is 288 g/mol. The number of hydrogen-bond acceptors (Lipinski definition) is 4. The van der Waals surface area contributed by atoms with E-state index in [4.69, 9.17) is 18.9 Å². The third-order valence-corrected chi connectivity index (χ3v) is 2.71. The highest BCUT2D eigenvalue weighted by Crippen LogP contribution is 2.15. The quantitative estimate of drug-likeness (QED) is 0.266. The molecule has 0 aliphatic rings. The van der Waals surface area contributed by atoms with Crippen LogP contribution < -0.4 is 0 Å². The standard InChI is InChI=1S/C16H32O4/c1-5-9-10-11-13-17-14-20-16(19-8-4)15(12-6-2)18-7-3/h5-14H2,1-4H3. The molecule has 4 nitrogen and oxygen atoms in total. The van der Waals surface area contributed by atoms with Crippen LogP contribution in [0, 0.1) is 0 Å². The van der Waals surface area contributed by atoms with Crippen LogP contribution in [0.1, 0.15) is 66.2 Å². The molecule has 0 aliphatic heterocycles. The molecule has 0 aromatic heterocycles. The fraction of sp³-hybridized carbons (Fsp3) is 0.875. The van der Waals surface area contributed by atoms with Gasteiger partial charge in [0.2, 0.25) is 0 Å². The second-order valence-corrected chi connectivity index (χ2v) is 4.56. The Morgan fingerprint density at radius 2 is 1.50 bits per heavy atom. The number of allylic oxidation sites excluding steroid dienone is 1. The van der Waals surface area contributed by atoms with Gasteiger partial charge in [-0.05, 0) is 26.7 Å². The molecule has 0 radical (unpaired) electrons. The Hall–Kier alpha value is -0.900. The van der Waals surface area contributed by atoms with E-state index in [1.807, 2.05) is 13.8 Å². The molecule has 0 saturated heterocycles. The Bertz CT molecular complexity index is 231. The van der Waals surface area contributed by atoms with E-state index in [2.05, 4.69) is 13.8 Å². The van der Waals surface area contributed by atoms with E-state index in [9.17, 15) is 0 Å². The van der Waals surface area contributed by atoms with Gasteiger partial charge in [-0.15, -0.1) is 0 Å². The predicted molar refractivity (Wildman–Crippen MR) is 81.2 cm³/mol. The summed E-state index contributed by atoms with van der Waals surface area (Å²) in [5.41, 5.74) is 0. The van der Waals surface area contributed by atoms with Crippen molar-refractivity contribution in [2.24, 2.45) is 0 Å². The normalized spacial score (nSPS) is 12.0. The first-order chi connectivity index (χ1) is 9.79. The Balaban J connectivity index is 4.07. The van der Waals surface area contributed by atoms with Gasteiger partial charge in [0.15, 0.2) is 12.6 Å². The average molecular weight is 288 g/mol. The Labute approximate surface area is 124 Å². The second kappa shape index (κ2) is 14.5. The van der Waals surface area contributed by atoms with Crippen LogP contribution in [0.5, 0.6) is 0 Å². The SMILES string of the molecule is CCCCCCOCOC(OCC)=C(CCC)OCC. The van der Waals surface area contributed by atoms with Crippen molar-refractivity contribution in [1.29, 1.82) is 0 Å². The van der Waals surface area contributed by atoms with Gasteiger partial charge in [-0.25, -0.2) is 0 Å². The Morgan fingerprint density at radius 1 is 0.750 bits per heavy atom. The molecule has 0 rings (SSSR count). The van der Waals surface area contributed by atoms with Gasteiger partial charge in [-0.1, -0.05) is 33.1 Å². The molecule has 0 spiro atoms. The molecule has 0 N–H and O–H groups in total. The Kier molecular flexibility index (Phi) is 13.9. The highest BCUT2D eigenvalue weighted by atomic mass is 16.7. The maximum Gasteiger partial charge on any atom is 0.321 e. The minimum absolute atomic E-state index is 0.224. The molecular formula is C16H32O4. The summed E-state index contributed by atoms with van der Waals surface area (Å²) in [5.74, 6) is 1.26. The smallest absolute Gasteiger partial charge is 0.321 e. The maximum atomic E-state index is 5.58. The summed E-state index contributed by atoms with van der Waals surface area (Å²) >= 11 is 0. The summed E-state index contributed by atoms with van der Waals surface area (Å²) in [6.07, 6.45) is 6.61. The van der Waals surface area contributed by atoms with Crippen molar-refractivity contribution in [2.75, 3.05) is 26.6 Å². The van der Waals surface area contributed by atoms with E-state index in [1.165, 1.54) is 19.3 Å². The van der Waals surface area contributed by atoms with Crippen LogP contribution in [0.15, 0.2) is 11.7 Å². The highest BCUT2D eigenvalue weighted by molar-refractivity contribution is 4.94. The van der Waals surface area contributed by atoms with Crippen LogP contribution in [0.3, 0.4) is 0 Å². The van der Waals surface area contributed by atoms with Crippen LogP contribution in [0.4, 0.5) is 0 Å². The molecule has 0 aliphatic carbocycles. The zero-order valence-electron chi connectivity index (χ0n) is 13.7. The summed E-state index contributed by atoms with van der Waals surface area (Å²) < 4.78 is 22.1. The molecule has 0 heterocycles. The van der Waals surface area contributed by atoms with Crippen molar-refractivity contribution in [1.82, 2.24) is 0 Å². The number of unbranched alkanes of at least 4 members (excludes halogenated alkanes) is 3. The van der Waals surface area contributed by atoms with Crippen molar-refractivity contribution in [3.8, 4) is 0 Å². The van der Waals surface area contributed by atoms with Gasteiger partial charge in [-0.3, -0.25) is 0 Å². The molecule has 0 bridgehead atoms. The van der Waals surface area contributed by atoms with Gasteiger partial charge in [0, 0.05) is 6.42 Å². The lowest BCUT2D eigenvalue weighted by Gasteiger charge is -2.16. The molecule has 0 amide bonds. The van der Waals surface area contributed by atoms with E-state index < -0.39 is 0 Å². The second-order valence-electron chi connectivity index (χ2n) is 4.56.